The van der Waals surface area contributed by atoms with Crippen molar-refractivity contribution in [2.45, 2.75) is 26.4 Å². The summed E-state index contributed by atoms with van der Waals surface area (Å²) in [7, 11) is 1.79. The highest BCUT2D eigenvalue weighted by molar-refractivity contribution is 6.53. The van der Waals surface area contributed by atoms with E-state index in [0.717, 1.165) is 6.42 Å². The lowest BCUT2D eigenvalue weighted by atomic mass is 10.3. The van der Waals surface area contributed by atoms with Crippen LogP contribution in [0.15, 0.2) is 0 Å². The Balaban J connectivity index is 4.09. The fourth-order valence-corrected chi connectivity index (χ4v) is 2.17. The largest absolute Gasteiger partial charge is 0.679 e. The zero-order chi connectivity index (χ0) is 9.61. The number of hydrogen-bond donors (Lipinski definition) is 0. The van der Waals surface area contributed by atoms with E-state index in [9.17, 15) is 0 Å². The third-order valence-electron chi connectivity index (χ3n) is 1.67. The van der Waals surface area contributed by atoms with Crippen LogP contribution in [0.4, 0.5) is 0 Å². The van der Waals surface area contributed by atoms with Crippen molar-refractivity contribution in [3.8, 4) is 0 Å². The smallest absolute Gasteiger partial charge is 0.355 e. The SMILES string of the molecule is CCC(C)O[Si](OC)(OC)OC. The van der Waals surface area contributed by atoms with Gasteiger partial charge in [0.25, 0.3) is 0 Å². The lowest BCUT2D eigenvalue weighted by Gasteiger charge is -2.25. The Hall–Kier alpha value is 0.0569. The highest BCUT2D eigenvalue weighted by Gasteiger charge is 2.43. The molecule has 0 aromatic heterocycles. The molecule has 1 unspecified atom stereocenters. The predicted molar refractivity (Wildman–Crippen MR) is 47.6 cm³/mol. The summed E-state index contributed by atoms with van der Waals surface area (Å²) < 4.78 is 20.7. The van der Waals surface area contributed by atoms with Crippen molar-refractivity contribution in [2.24, 2.45) is 0 Å². The van der Waals surface area contributed by atoms with Crippen molar-refractivity contribution < 1.29 is 17.7 Å². The van der Waals surface area contributed by atoms with Crippen LogP contribution in [-0.4, -0.2) is 36.5 Å². The summed E-state index contributed by atoms with van der Waals surface area (Å²) in [6.45, 7) is 3.99. The topological polar surface area (TPSA) is 36.9 Å². The standard InChI is InChI=1S/C7H18O4Si/c1-6-7(2)11-12(8-3,9-4)10-5/h7H,6H2,1-5H3. The van der Waals surface area contributed by atoms with Crippen LogP contribution in [0.2, 0.25) is 0 Å². The van der Waals surface area contributed by atoms with Gasteiger partial charge >= 0.3 is 9.05 Å². The maximum atomic E-state index is 5.51. The second kappa shape index (κ2) is 5.66. The van der Waals surface area contributed by atoms with Gasteiger partial charge < -0.3 is 17.7 Å². The molecule has 0 aliphatic heterocycles. The quantitative estimate of drug-likeness (QED) is 0.595. The van der Waals surface area contributed by atoms with Crippen LogP contribution in [0.3, 0.4) is 0 Å². The third-order valence-corrected chi connectivity index (χ3v) is 3.86. The van der Waals surface area contributed by atoms with Crippen LogP contribution in [0.5, 0.6) is 0 Å². The average molecular weight is 194 g/mol. The monoisotopic (exact) mass is 194 g/mol. The summed E-state index contributed by atoms with van der Waals surface area (Å²) in [4.78, 5) is 0. The van der Waals surface area contributed by atoms with Gasteiger partial charge in [0.05, 0.1) is 0 Å². The molecule has 1 atom stereocenters. The summed E-state index contributed by atoms with van der Waals surface area (Å²) in [5, 5.41) is 0. The first-order valence-electron chi connectivity index (χ1n) is 3.97. The second-order valence-corrected chi connectivity index (χ2v) is 4.91. The van der Waals surface area contributed by atoms with Crippen molar-refractivity contribution in [2.75, 3.05) is 21.3 Å². The Morgan fingerprint density at radius 2 is 1.50 bits per heavy atom. The molecule has 12 heavy (non-hydrogen) atoms. The Labute approximate surface area is 75.3 Å². The van der Waals surface area contributed by atoms with Crippen LogP contribution in [0.1, 0.15) is 20.3 Å². The van der Waals surface area contributed by atoms with Gasteiger partial charge in [-0.05, 0) is 13.3 Å². The fourth-order valence-electron chi connectivity index (χ4n) is 0.724. The minimum Gasteiger partial charge on any atom is -0.355 e. The molecule has 0 aromatic rings. The Bertz CT molecular complexity index is 108. The molecule has 4 nitrogen and oxygen atoms in total. The molecular formula is C7H18O4Si. The lowest BCUT2D eigenvalue weighted by Crippen LogP contribution is -2.48. The third kappa shape index (κ3) is 3.20. The molecule has 0 spiro atoms. The second-order valence-electron chi connectivity index (χ2n) is 2.45. The Morgan fingerprint density at radius 3 is 1.75 bits per heavy atom. The average Bonchev–Trinajstić information content (AvgIpc) is 2.14. The van der Waals surface area contributed by atoms with E-state index in [0.29, 0.717) is 0 Å². The van der Waals surface area contributed by atoms with E-state index in [1.165, 1.54) is 21.3 Å². The van der Waals surface area contributed by atoms with Gasteiger partial charge in [0, 0.05) is 27.4 Å². The molecule has 0 saturated heterocycles. The van der Waals surface area contributed by atoms with Gasteiger partial charge in [-0.3, -0.25) is 0 Å². The van der Waals surface area contributed by atoms with E-state index in [4.69, 9.17) is 17.7 Å². The van der Waals surface area contributed by atoms with Gasteiger partial charge in [-0.25, -0.2) is 0 Å². The van der Waals surface area contributed by atoms with Crippen molar-refractivity contribution in [3.05, 3.63) is 0 Å². The summed E-state index contributed by atoms with van der Waals surface area (Å²) in [6, 6.07) is 0. The van der Waals surface area contributed by atoms with Gasteiger partial charge in [-0.2, -0.15) is 0 Å². The van der Waals surface area contributed by atoms with Crippen molar-refractivity contribution in [1.29, 1.82) is 0 Å². The maximum absolute atomic E-state index is 5.51. The van der Waals surface area contributed by atoms with Gasteiger partial charge in [-0.15, -0.1) is 0 Å². The maximum Gasteiger partial charge on any atom is 0.679 e. The van der Waals surface area contributed by atoms with Gasteiger partial charge in [0.2, 0.25) is 0 Å². The first-order chi connectivity index (χ1) is 5.64. The van der Waals surface area contributed by atoms with Gasteiger partial charge in [-0.1, -0.05) is 6.92 Å². The molecule has 5 heteroatoms. The van der Waals surface area contributed by atoms with E-state index in [-0.39, 0.29) is 6.10 Å². The first kappa shape index (κ1) is 12.1. The highest BCUT2D eigenvalue weighted by Crippen LogP contribution is 2.12. The summed E-state index contributed by atoms with van der Waals surface area (Å²) in [6.07, 6.45) is 1.00. The van der Waals surface area contributed by atoms with Crippen molar-refractivity contribution >= 4 is 9.05 Å². The van der Waals surface area contributed by atoms with Crippen LogP contribution < -0.4 is 0 Å². The molecule has 0 rings (SSSR count). The van der Waals surface area contributed by atoms with E-state index in [1.54, 1.807) is 0 Å². The zero-order valence-corrected chi connectivity index (χ0v) is 9.42. The normalized spacial score (nSPS) is 14.8. The van der Waals surface area contributed by atoms with Gasteiger partial charge in [0.1, 0.15) is 0 Å². The predicted octanol–water partition coefficient (Wildman–Crippen LogP) is 1.18. The van der Waals surface area contributed by atoms with Gasteiger partial charge in [0.15, 0.2) is 0 Å². The summed E-state index contributed by atoms with van der Waals surface area (Å²) in [5.74, 6) is 0. The molecule has 0 fully saturated rings. The number of rotatable bonds is 6. The van der Waals surface area contributed by atoms with E-state index in [1.807, 2.05) is 13.8 Å². The molecule has 0 aliphatic carbocycles. The summed E-state index contributed by atoms with van der Waals surface area (Å²) >= 11 is 0. The number of hydrogen-bond acceptors (Lipinski definition) is 4. The van der Waals surface area contributed by atoms with Crippen LogP contribution in [0, 0.1) is 0 Å². The van der Waals surface area contributed by atoms with Crippen LogP contribution in [0.25, 0.3) is 0 Å². The molecule has 74 valence electrons. The van der Waals surface area contributed by atoms with Crippen LogP contribution in [-0.2, 0) is 17.7 Å². The molecule has 0 saturated carbocycles. The molecule has 0 radical (unpaired) electrons. The molecule has 0 amide bonds. The molecule has 0 N–H and O–H groups in total. The molecule has 0 aromatic carbocycles. The minimum absolute atomic E-state index is 0.0940. The summed E-state index contributed by atoms with van der Waals surface area (Å²) in [5.41, 5.74) is 0. The Kier molecular flexibility index (Phi) is 5.69. The van der Waals surface area contributed by atoms with Crippen molar-refractivity contribution in [1.82, 2.24) is 0 Å². The highest BCUT2D eigenvalue weighted by atomic mass is 28.4. The van der Waals surface area contributed by atoms with E-state index in [2.05, 4.69) is 0 Å². The fraction of sp³-hybridized carbons (Fsp3) is 1.00. The van der Waals surface area contributed by atoms with Crippen LogP contribution >= 0.6 is 0 Å². The lowest BCUT2D eigenvalue weighted by molar-refractivity contribution is -0.0182. The van der Waals surface area contributed by atoms with Crippen molar-refractivity contribution in [3.63, 3.8) is 0 Å². The zero-order valence-electron chi connectivity index (χ0n) is 8.42. The van der Waals surface area contributed by atoms with E-state index < -0.39 is 9.05 Å². The molecular weight excluding hydrogens is 176 g/mol. The molecule has 0 heterocycles. The minimum atomic E-state index is -2.80. The molecule has 0 aliphatic rings. The molecule has 0 bridgehead atoms. The first-order valence-corrected chi connectivity index (χ1v) is 5.60. The van der Waals surface area contributed by atoms with E-state index >= 15 is 0 Å². The Morgan fingerprint density at radius 1 is 1.08 bits per heavy atom.